The molecule has 0 unspecified atom stereocenters. The Labute approximate surface area is 115 Å². The largest absolute Gasteiger partial charge is 0.468 e. The van der Waals surface area contributed by atoms with E-state index in [1.807, 2.05) is 0 Å². The molecule has 0 amide bonds. The molecule has 0 fully saturated rings. The van der Waals surface area contributed by atoms with E-state index in [1.165, 1.54) is 0 Å². The molecule has 0 N–H and O–H groups in total. The first-order valence-corrected chi connectivity index (χ1v) is 5.83. The third-order valence-electron chi connectivity index (χ3n) is 2.89. The van der Waals surface area contributed by atoms with Gasteiger partial charge in [-0.1, -0.05) is 30.3 Å². The Balaban J connectivity index is 3.21. The smallest absolute Gasteiger partial charge is 0.320 e. The molecule has 0 aliphatic heterocycles. The Bertz CT molecular complexity index is 471. The Hall–Kier alpha value is -2.44. The molecule has 7 nitrogen and oxygen atoms in total. The predicted octanol–water partition coefficient (Wildman–Crippen LogP) is 1.01. The van der Waals surface area contributed by atoms with Crippen molar-refractivity contribution in [3.63, 3.8) is 0 Å². The van der Waals surface area contributed by atoms with Crippen molar-refractivity contribution in [2.24, 2.45) is 5.92 Å². The summed E-state index contributed by atoms with van der Waals surface area (Å²) in [6, 6.07) is 8.32. The topological polar surface area (TPSA) is 95.7 Å². The van der Waals surface area contributed by atoms with Crippen molar-refractivity contribution in [1.82, 2.24) is 0 Å². The maximum absolute atomic E-state index is 11.8. The zero-order chi connectivity index (χ0) is 15.1. The molecule has 108 valence electrons. The molecule has 0 aromatic heterocycles. The zero-order valence-electron chi connectivity index (χ0n) is 11.1. The molecule has 0 spiro atoms. The van der Waals surface area contributed by atoms with Crippen molar-refractivity contribution in [2.75, 3.05) is 20.8 Å². The van der Waals surface area contributed by atoms with Crippen LogP contribution in [0.4, 0.5) is 0 Å². The van der Waals surface area contributed by atoms with E-state index < -0.39 is 35.2 Å². The van der Waals surface area contributed by atoms with E-state index >= 15 is 0 Å². The SMILES string of the molecule is COC(=O)C(C(=O)OC)[C@@H](C[N+](=O)[O-])c1ccccc1. The van der Waals surface area contributed by atoms with Crippen molar-refractivity contribution in [1.29, 1.82) is 0 Å². The van der Waals surface area contributed by atoms with Crippen LogP contribution in [0.25, 0.3) is 0 Å². The van der Waals surface area contributed by atoms with Gasteiger partial charge in [-0.3, -0.25) is 19.7 Å². The molecule has 0 aliphatic carbocycles. The van der Waals surface area contributed by atoms with Crippen LogP contribution in [-0.2, 0) is 19.1 Å². The van der Waals surface area contributed by atoms with E-state index in [9.17, 15) is 19.7 Å². The van der Waals surface area contributed by atoms with Gasteiger partial charge in [0.15, 0.2) is 5.92 Å². The lowest BCUT2D eigenvalue weighted by Gasteiger charge is -2.20. The number of rotatable bonds is 6. The van der Waals surface area contributed by atoms with Crippen molar-refractivity contribution in [2.45, 2.75) is 5.92 Å². The van der Waals surface area contributed by atoms with Crippen LogP contribution in [0, 0.1) is 16.0 Å². The highest BCUT2D eigenvalue weighted by Gasteiger charge is 2.40. The normalized spacial score (nSPS) is 11.8. The minimum absolute atomic E-state index is 0.505. The molecule has 1 rings (SSSR count). The quantitative estimate of drug-likeness (QED) is 0.334. The summed E-state index contributed by atoms with van der Waals surface area (Å²) in [6.07, 6.45) is 0. The number of benzene rings is 1. The van der Waals surface area contributed by atoms with E-state index in [0.717, 1.165) is 14.2 Å². The Kier molecular flexibility index (Phi) is 5.64. The molecule has 1 aromatic carbocycles. The van der Waals surface area contributed by atoms with Gasteiger partial charge in [-0.15, -0.1) is 0 Å². The van der Waals surface area contributed by atoms with Crippen molar-refractivity contribution >= 4 is 11.9 Å². The maximum Gasteiger partial charge on any atom is 0.320 e. The average Bonchev–Trinajstić information content (AvgIpc) is 2.46. The Morgan fingerprint density at radius 1 is 1.15 bits per heavy atom. The van der Waals surface area contributed by atoms with E-state index in [4.69, 9.17) is 0 Å². The van der Waals surface area contributed by atoms with E-state index in [-0.39, 0.29) is 0 Å². The number of methoxy groups -OCH3 is 2. The number of ether oxygens (including phenoxy) is 2. The fourth-order valence-corrected chi connectivity index (χ4v) is 1.94. The number of nitro groups is 1. The third-order valence-corrected chi connectivity index (χ3v) is 2.89. The summed E-state index contributed by atoms with van der Waals surface area (Å²) in [4.78, 5) is 33.8. The summed E-state index contributed by atoms with van der Waals surface area (Å²) < 4.78 is 9.11. The fourth-order valence-electron chi connectivity index (χ4n) is 1.94. The van der Waals surface area contributed by atoms with Gasteiger partial charge in [0, 0.05) is 4.92 Å². The van der Waals surface area contributed by atoms with Gasteiger partial charge in [-0.25, -0.2) is 0 Å². The lowest BCUT2D eigenvalue weighted by molar-refractivity contribution is -0.484. The highest BCUT2D eigenvalue weighted by Crippen LogP contribution is 2.27. The average molecular weight is 281 g/mol. The molecular formula is C13H15NO6. The van der Waals surface area contributed by atoms with Crippen LogP contribution in [0.15, 0.2) is 30.3 Å². The van der Waals surface area contributed by atoms with Crippen molar-refractivity contribution < 1.29 is 24.0 Å². The number of carbonyl (C=O) groups excluding carboxylic acids is 2. The minimum Gasteiger partial charge on any atom is -0.468 e. The number of hydrogen-bond acceptors (Lipinski definition) is 6. The number of nitrogens with zero attached hydrogens (tertiary/aromatic N) is 1. The first-order valence-electron chi connectivity index (χ1n) is 5.83. The second kappa shape index (κ2) is 7.22. The molecule has 0 radical (unpaired) electrons. The van der Waals surface area contributed by atoms with E-state index in [2.05, 4.69) is 9.47 Å². The van der Waals surface area contributed by atoms with Crippen LogP contribution in [0.1, 0.15) is 11.5 Å². The lowest BCUT2D eigenvalue weighted by atomic mass is 9.86. The van der Waals surface area contributed by atoms with Crippen LogP contribution < -0.4 is 0 Å². The Morgan fingerprint density at radius 2 is 1.65 bits per heavy atom. The summed E-state index contributed by atoms with van der Waals surface area (Å²) in [5.41, 5.74) is 0.505. The highest BCUT2D eigenvalue weighted by atomic mass is 16.6. The molecule has 1 aromatic rings. The highest BCUT2D eigenvalue weighted by molar-refractivity contribution is 5.96. The summed E-state index contributed by atoms with van der Waals surface area (Å²) >= 11 is 0. The van der Waals surface area contributed by atoms with Gasteiger partial charge in [0.25, 0.3) is 0 Å². The van der Waals surface area contributed by atoms with Gasteiger partial charge < -0.3 is 9.47 Å². The van der Waals surface area contributed by atoms with Crippen LogP contribution in [0.5, 0.6) is 0 Å². The molecule has 0 heterocycles. The van der Waals surface area contributed by atoms with Crippen LogP contribution in [0.2, 0.25) is 0 Å². The molecule has 0 saturated carbocycles. The number of carbonyl (C=O) groups is 2. The van der Waals surface area contributed by atoms with Crippen LogP contribution in [0.3, 0.4) is 0 Å². The minimum atomic E-state index is -1.36. The first kappa shape index (κ1) is 15.6. The van der Waals surface area contributed by atoms with Gasteiger partial charge in [0.1, 0.15) is 0 Å². The monoisotopic (exact) mass is 281 g/mol. The maximum atomic E-state index is 11.8. The standard InChI is InChI=1S/C13H15NO6/c1-19-12(15)11(13(16)20-2)10(8-14(17)18)9-6-4-3-5-7-9/h3-7,10-11H,8H2,1-2H3/t10-/m0/s1. The van der Waals surface area contributed by atoms with E-state index in [1.54, 1.807) is 30.3 Å². The zero-order valence-corrected chi connectivity index (χ0v) is 11.1. The molecule has 0 saturated heterocycles. The van der Waals surface area contributed by atoms with Crippen molar-refractivity contribution in [3.8, 4) is 0 Å². The molecule has 0 aliphatic rings. The summed E-state index contributed by atoms with van der Waals surface area (Å²) in [7, 11) is 2.24. The predicted molar refractivity (Wildman–Crippen MR) is 68.6 cm³/mol. The molecule has 20 heavy (non-hydrogen) atoms. The summed E-state index contributed by atoms with van der Waals surface area (Å²) in [6.45, 7) is -0.571. The van der Waals surface area contributed by atoms with Gasteiger partial charge in [-0.2, -0.15) is 0 Å². The second-order valence-corrected chi connectivity index (χ2v) is 4.06. The number of hydrogen-bond donors (Lipinski definition) is 0. The Morgan fingerprint density at radius 3 is 2.05 bits per heavy atom. The first-order chi connectivity index (χ1) is 9.51. The lowest BCUT2D eigenvalue weighted by Crippen LogP contribution is -2.35. The summed E-state index contributed by atoms with van der Waals surface area (Å²) in [5, 5.41) is 10.8. The molecule has 1 atom stereocenters. The van der Waals surface area contributed by atoms with Crippen LogP contribution >= 0.6 is 0 Å². The van der Waals surface area contributed by atoms with Gasteiger partial charge in [0.05, 0.1) is 20.1 Å². The molecule has 0 bridgehead atoms. The van der Waals surface area contributed by atoms with Gasteiger partial charge >= 0.3 is 11.9 Å². The van der Waals surface area contributed by atoms with Crippen molar-refractivity contribution in [3.05, 3.63) is 46.0 Å². The molecular weight excluding hydrogens is 266 g/mol. The van der Waals surface area contributed by atoms with Gasteiger partial charge in [-0.05, 0) is 5.56 Å². The van der Waals surface area contributed by atoms with Gasteiger partial charge in [0.2, 0.25) is 6.54 Å². The fraction of sp³-hybridized carbons (Fsp3) is 0.385. The third kappa shape index (κ3) is 3.78. The summed E-state index contributed by atoms with van der Waals surface area (Å²) in [5.74, 6) is -4.01. The number of esters is 2. The van der Waals surface area contributed by atoms with Crippen LogP contribution in [-0.4, -0.2) is 37.6 Å². The second-order valence-electron chi connectivity index (χ2n) is 4.06. The van der Waals surface area contributed by atoms with E-state index in [0.29, 0.717) is 5.56 Å². The molecule has 7 heteroatoms.